The molecule has 3 amide bonds. The van der Waals surface area contributed by atoms with Crippen LogP contribution in [-0.2, 0) is 29.1 Å². The molecule has 0 radical (unpaired) electrons. The van der Waals surface area contributed by atoms with Gasteiger partial charge in [0.1, 0.15) is 0 Å². The lowest BCUT2D eigenvalue weighted by atomic mass is 10.2. The molecule has 0 aromatic heterocycles. The van der Waals surface area contributed by atoms with Gasteiger partial charge >= 0.3 is 0 Å². The van der Waals surface area contributed by atoms with Gasteiger partial charge in [-0.2, -0.15) is 4.31 Å². The van der Waals surface area contributed by atoms with E-state index in [1.165, 1.54) is 16.3 Å². The Kier molecular flexibility index (Phi) is 10.5. The lowest BCUT2D eigenvalue weighted by molar-refractivity contribution is -0.138. The molecule has 1 aromatic carbocycles. The van der Waals surface area contributed by atoms with Crippen LogP contribution in [0, 0.1) is 13.8 Å². The van der Waals surface area contributed by atoms with Crippen LogP contribution in [0.4, 0.5) is 0 Å². The molecule has 1 aromatic rings. The Balaban J connectivity index is 1.78. The van der Waals surface area contributed by atoms with E-state index in [0.29, 0.717) is 30.0 Å². The summed E-state index contributed by atoms with van der Waals surface area (Å²) >= 11 is 0. The third-order valence-corrected chi connectivity index (χ3v) is 7.80. The lowest BCUT2D eigenvalue weighted by Gasteiger charge is -2.34. The summed E-state index contributed by atoms with van der Waals surface area (Å²) in [5.74, 6) is -0.759. The SMILES string of the molecule is COCCCNC(=O)CN(C)C(=O)CCC(=O)N1CCN(S(=O)(=O)c2cc(C)ccc2C)CC1. The fourth-order valence-corrected chi connectivity index (χ4v) is 5.40. The minimum Gasteiger partial charge on any atom is -0.385 e. The summed E-state index contributed by atoms with van der Waals surface area (Å²) in [5.41, 5.74) is 1.56. The Morgan fingerprint density at radius 2 is 1.76 bits per heavy atom. The summed E-state index contributed by atoms with van der Waals surface area (Å²) in [6.07, 6.45) is 0.698. The Labute approximate surface area is 202 Å². The molecule has 1 N–H and O–H groups in total. The number of aryl methyl sites for hydroxylation is 2. The monoisotopic (exact) mass is 496 g/mol. The van der Waals surface area contributed by atoms with Crippen LogP contribution in [0.5, 0.6) is 0 Å². The van der Waals surface area contributed by atoms with Gasteiger partial charge in [-0.3, -0.25) is 14.4 Å². The van der Waals surface area contributed by atoms with Gasteiger partial charge in [0.15, 0.2) is 0 Å². The zero-order chi connectivity index (χ0) is 25.3. The molecule has 34 heavy (non-hydrogen) atoms. The number of hydrogen-bond acceptors (Lipinski definition) is 6. The molecule has 190 valence electrons. The van der Waals surface area contributed by atoms with Gasteiger partial charge in [-0.25, -0.2) is 8.42 Å². The van der Waals surface area contributed by atoms with E-state index in [0.717, 1.165) is 5.56 Å². The molecular weight excluding hydrogens is 460 g/mol. The first kappa shape index (κ1) is 27.7. The molecule has 0 unspecified atom stereocenters. The maximum Gasteiger partial charge on any atom is 0.243 e. The molecular formula is C23H36N4O6S. The smallest absolute Gasteiger partial charge is 0.243 e. The number of likely N-dealkylation sites (N-methyl/N-ethyl adjacent to an activating group) is 1. The molecule has 0 aliphatic carbocycles. The number of carbonyl (C=O) groups is 3. The molecule has 1 saturated heterocycles. The first-order valence-electron chi connectivity index (χ1n) is 11.4. The zero-order valence-corrected chi connectivity index (χ0v) is 21.3. The number of benzene rings is 1. The van der Waals surface area contributed by atoms with E-state index < -0.39 is 10.0 Å². The van der Waals surface area contributed by atoms with Crippen LogP contribution in [0.15, 0.2) is 23.1 Å². The summed E-state index contributed by atoms with van der Waals surface area (Å²) in [5, 5.41) is 2.71. The zero-order valence-electron chi connectivity index (χ0n) is 20.5. The number of nitrogens with one attached hydrogen (secondary N) is 1. The Bertz CT molecular complexity index is 974. The van der Waals surface area contributed by atoms with Crippen molar-refractivity contribution >= 4 is 27.7 Å². The van der Waals surface area contributed by atoms with Gasteiger partial charge in [-0.1, -0.05) is 12.1 Å². The van der Waals surface area contributed by atoms with Crippen LogP contribution in [0.25, 0.3) is 0 Å². The second kappa shape index (κ2) is 12.8. The summed E-state index contributed by atoms with van der Waals surface area (Å²) in [7, 11) is -0.520. The van der Waals surface area contributed by atoms with E-state index in [2.05, 4.69) is 5.32 Å². The van der Waals surface area contributed by atoms with Gasteiger partial charge in [0, 0.05) is 66.3 Å². The summed E-state index contributed by atoms with van der Waals surface area (Å²) in [4.78, 5) is 39.9. The van der Waals surface area contributed by atoms with Gasteiger partial charge < -0.3 is 19.9 Å². The van der Waals surface area contributed by atoms with Crippen LogP contribution < -0.4 is 5.32 Å². The Morgan fingerprint density at radius 1 is 1.09 bits per heavy atom. The van der Waals surface area contributed by atoms with Gasteiger partial charge in [-0.05, 0) is 37.5 Å². The first-order valence-corrected chi connectivity index (χ1v) is 12.8. The van der Waals surface area contributed by atoms with Crippen molar-refractivity contribution < 1.29 is 27.5 Å². The molecule has 10 nitrogen and oxygen atoms in total. The highest BCUT2D eigenvalue weighted by molar-refractivity contribution is 7.89. The average molecular weight is 497 g/mol. The van der Waals surface area contributed by atoms with Crippen LogP contribution in [0.3, 0.4) is 0 Å². The van der Waals surface area contributed by atoms with Gasteiger partial charge in [0.2, 0.25) is 27.7 Å². The fourth-order valence-electron chi connectivity index (χ4n) is 3.67. The second-order valence-corrected chi connectivity index (χ2v) is 10.4. The number of hydrogen-bond donors (Lipinski definition) is 1. The number of methoxy groups -OCH3 is 1. The lowest BCUT2D eigenvalue weighted by Crippen LogP contribution is -2.50. The molecule has 0 atom stereocenters. The summed E-state index contributed by atoms with van der Waals surface area (Å²) in [6, 6.07) is 5.34. The quantitative estimate of drug-likeness (QED) is 0.447. The predicted octanol–water partition coefficient (Wildman–Crippen LogP) is 0.528. The van der Waals surface area contributed by atoms with E-state index in [1.807, 2.05) is 13.0 Å². The van der Waals surface area contributed by atoms with Gasteiger partial charge in [-0.15, -0.1) is 0 Å². The van der Waals surface area contributed by atoms with Crippen LogP contribution in [-0.4, -0.2) is 100 Å². The maximum atomic E-state index is 13.0. The molecule has 0 spiro atoms. The van der Waals surface area contributed by atoms with Crippen LogP contribution in [0.2, 0.25) is 0 Å². The highest BCUT2D eigenvalue weighted by Crippen LogP contribution is 2.22. The standard InChI is InChI=1S/C23H36N4O6S/c1-18-6-7-19(2)20(16-18)34(31,32)27-13-11-26(12-14-27)23(30)9-8-22(29)25(3)17-21(28)24-10-5-15-33-4/h6-7,16H,5,8-15,17H2,1-4H3,(H,24,28). The van der Waals surface area contributed by atoms with Crippen molar-refractivity contribution in [1.82, 2.24) is 19.4 Å². The number of rotatable bonds is 11. The Morgan fingerprint density at radius 3 is 2.41 bits per heavy atom. The number of ether oxygens (including phenoxy) is 1. The van der Waals surface area contributed by atoms with Crippen molar-refractivity contribution in [3.05, 3.63) is 29.3 Å². The van der Waals surface area contributed by atoms with E-state index in [4.69, 9.17) is 4.74 Å². The van der Waals surface area contributed by atoms with Crippen molar-refractivity contribution in [2.75, 3.05) is 60.0 Å². The van der Waals surface area contributed by atoms with Crippen LogP contribution in [0.1, 0.15) is 30.4 Å². The molecule has 1 aliphatic rings. The number of sulfonamides is 1. The molecule has 0 bridgehead atoms. The normalized spacial score (nSPS) is 14.6. The van der Waals surface area contributed by atoms with Gasteiger partial charge in [0.05, 0.1) is 11.4 Å². The highest BCUT2D eigenvalue weighted by atomic mass is 32.2. The molecule has 1 fully saturated rings. The third kappa shape index (κ3) is 7.78. The van der Waals surface area contributed by atoms with Crippen molar-refractivity contribution in [2.24, 2.45) is 0 Å². The summed E-state index contributed by atoms with van der Waals surface area (Å²) < 4.78 is 32.4. The van der Waals surface area contributed by atoms with Crippen LogP contribution >= 0.6 is 0 Å². The molecule has 1 aliphatic heterocycles. The fraction of sp³-hybridized carbons (Fsp3) is 0.609. The van der Waals surface area contributed by atoms with E-state index >= 15 is 0 Å². The highest BCUT2D eigenvalue weighted by Gasteiger charge is 2.31. The summed E-state index contributed by atoms with van der Waals surface area (Å²) in [6.45, 7) is 5.52. The second-order valence-electron chi connectivity index (χ2n) is 8.50. The van der Waals surface area contributed by atoms with Crippen molar-refractivity contribution in [3.8, 4) is 0 Å². The van der Waals surface area contributed by atoms with E-state index in [-0.39, 0.29) is 63.3 Å². The largest absolute Gasteiger partial charge is 0.385 e. The van der Waals surface area contributed by atoms with Crippen molar-refractivity contribution in [1.29, 1.82) is 0 Å². The molecule has 2 rings (SSSR count). The maximum absolute atomic E-state index is 13.0. The molecule has 11 heteroatoms. The number of nitrogens with zero attached hydrogens (tertiary/aromatic N) is 3. The first-order chi connectivity index (χ1) is 16.1. The predicted molar refractivity (Wildman–Crippen MR) is 128 cm³/mol. The van der Waals surface area contributed by atoms with Gasteiger partial charge in [0.25, 0.3) is 0 Å². The number of piperazine rings is 1. The molecule has 0 saturated carbocycles. The van der Waals surface area contributed by atoms with E-state index in [9.17, 15) is 22.8 Å². The third-order valence-electron chi connectivity index (χ3n) is 5.76. The number of carbonyl (C=O) groups excluding carboxylic acids is 3. The van der Waals surface area contributed by atoms with Crippen molar-refractivity contribution in [2.45, 2.75) is 38.0 Å². The number of amides is 3. The van der Waals surface area contributed by atoms with Crippen molar-refractivity contribution in [3.63, 3.8) is 0 Å². The minimum absolute atomic E-state index is 0.00666. The topological polar surface area (TPSA) is 116 Å². The Hall–Kier alpha value is -2.50. The molecule has 1 heterocycles. The average Bonchev–Trinajstić information content (AvgIpc) is 2.81. The van der Waals surface area contributed by atoms with E-state index in [1.54, 1.807) is 31.1 Å². The minimum atomic E-state index is -3.63.